The van der Waals surface area contributed by atoms with Gasteiger partial charge in [-0.05, 0) is 68.8 Å². The largest absolute Gasteiger partial charge is 0.383 e. The first-order valence-electron chi connectivity index (χ1n) is 14.7. The van der Waals surface area contributed by atoms with Gasteiger partial charge in [-0.25, -0.2) is 22.1 Å². The van der Waals surface area contributed by atoms with Crippen molar-refractivity contribution in [3.63, 3.8) is 0 Å². The molecule has 12 heteroatoms. The number of nitrogens with zero attached hydrogens (tertiary/aromatic N) is 5. The molecule has 230 valence electrons. The van der Waals surface area contributed by atoms with Crippen LogP contribution in [0.5, 0.6) is 0 Å². The zero-order chi connectivity index (χ0) is 31.5. The standard InChI is InChI=1S/C33H33N7O4S/c1-20-4-9-26(10-5-20)45(42,43)40-30-14-23(18-38-12-13-44-19-21(38)2)6-7-24(30)15-31(40)32(41)27-17-35-39(33(27)34)25-8-11-28-29(16-25)37-22(3)36-28/h4-11,14-17,21H,12-13,18-19,34H2,1-3H3,(H,36,37). The SMILES string of the molecule is Cc1ccc(S(=O)(=O)n2c(C(=O)c3cnn(-c4ccc5nc(C)[nH]c5c4)c3N)cc3ccc(CN4CCOCC4C)cc32)cc1. The van der Waals surface area contributed by atoms with Crippen LogP contribution < -0.4 is 5.73 Å². The van der Waals surface area contributed by atoms with Crippen molar-refractivity contribution in [1.29, 1.82) is 0 Å². The Kier molecular flexibility index (Phi) is 7.07. The van der Waals surface area contributed by atoms with Crippen LogP contribution in [0.1, 0.15) is 39.9 Å². The minimum absolute atomic E-state index is 0.0200. The summed E-state index contributed by atoms with van der Waals surface area (Å²) in [7, 11) is -4.18. The first-order chi connectivity index (χ1) is 21.6. The lowest BCUT2D eigenvalue weighted by Gasteiger charge is -2.33. The second-order valence-electron chi connectivity index (χ2n) is 11.6. The van der Waals surface area contributed by atoms with E-state index in [0.717, 1.165) is 38.5 Å². The number of morpholine rings is 1. The predicted octanol–water partition coefficient (Wildman–Crippen LogP) is 4.59. The van der Waals surface area contributed by atoms with Crippen molar-refractivity contribution in [2.45, 2.75) is 38.3 Å². The highest BCUT2D eigenvalue weighted by Crippen LogP contribution is 2.31. The minimum atomic E-state index is -4.18. The van der Waals surface area contributed by atoms with Gasteiger partial charge < -0.3 is 15.5 Å². The molecule has 6 aromatic rings. The number of ketones is 1. The predicted molar refractivity (Wildman–Crippen MR) is 172 cm³/mol. The van der Waals surface area contributed by atoms with Crippen molar-refractivity contribution in [2.75, 3.05) is 25.5 Å². The van der Waals surface area contributed by atoms with E-state index < -0.39 is 15.8 Å². The quantitative estimate of drug-likeness (QED) is 0.246. The summed E-state index contributed by atoms with van der Waals surface area (Å²) in [6.07, 6.45) is 1.38. The van der Waals surface area contributed by atoms with Gasteiger partial charge in [0.2, 0.25) is 5.78 Å². The molecule has 3 aromatic heterocycles. The maximum Gasteiger partial charge on any atom is 0.268 e. The van der Waals surface area contributed by atoms with Crippen LogP contribution in [0.2, 0.25) is 0 Å². The van der Waals surface area contributed by atoms with Crippen LogP contribution in [0.3, 0.4) is 0 Å². The third kappa shape index (κ3) is 5.10. The van der Waals surface area contributed by atoms with Gasteiger partial charge in [-0.2, -0.15) is 5.10 Å². The summed E-state index contributed by atoms with van der Waals surface area (Å²) in [6.45, 7) is 8.56. The lowest BCUT2D eigenvalue weighted by atomic mass is 10.1. The molecular formula is C33H33N7O4S. The molecule has 1 fully saturated rings. The zero-order valence-electron chi connectivity index (χ0n) is 25.2. The molecule has 4 heterocycles. The number of nitrogens with two attached hydrogens (primary N) is 1. The molecule has 1 aliphatic rings. The Labute approximate surface area is 260 Å². The molecule has 45 heavy (non-hydrogen) atoms. The first-order valence-corrected chi connectivity index (χ1v) is 16.2. The fourth-order valence-electron chi connectivity index (χ4n) is 5.92. The van der Waals surface area contributed by atoms with E-state index in [2.05, 4.69) is 26.9 Å². The number of ether oxygens (including phenoxy) is 1. The Bertz CT molecular complexity index is 2200. The Balaban J connectivity index is 1.34. The highest BCUT2D eigenvalue weighted by Gasteiger charge is 2.30. The number of aromatic amines is 1. The van der Waals surface area contributed by atoms with Gasteiger partial charge in [-0.15, -0.1) is 0 Å². The zero-order valence-corrected chi connectivity index (χ0v) is 26.0. The summed E-state index contributed by atoms with van der Waals surface area (Å²) >= 11 is 0. The second-order valence-corrected chi connectivity index (χ2v) is 13.4. The molecule has 7 rings (SSSR count). The van der Waals surface area contributed by atoms with Gasteiger partial charge in [0.05, 0.1) is 52.1 Å². The Hall–Kier alpha value is -4.78. The molecule has 1 atom stereocenters. The van der Waals surface area contributed by atoms with Crippen LogP contribution in [0, 0.1) is 13.8 Å². The van der Waals surface area contributed by atoms with E-state index in [-0.39, 0.29) is 28.0 Å². The third-order valence-corrected chi connectivity index (χ3v) is 10.1. The maximum absolute atomic E-state index is 14.3. The topological polar surface area (TPSA) is 141 Å². The number of carbonyl (C=O) groups is 1. The fraction of sp³-hybridized carbons (Fsp3) is 0.242. The lowest BCUT2D eigenvalue weighted by molar-refractivity contribution is -0.00435. The number of H-pyrrole nitrogens is 1. The number of imidazole rings is 1. The highest BCUT2D eigenvalue weighted by molar-refractivity contribution is 7.90. The van der Waals surface area contributed by atoms with Crippen molar-refractivity contribution in [2.24, 2.45) is 0 Å². The summed E-state index contributed by atoms with van der Waals surface area (Å²) in [5.41, 5.74) is 11.1. The second kappa shape index (κ2) is 11.0. The molecule has 3 N–H and O–H groups in total. The first kappa shape index (κ1) is 29.0. The molecular weight excluding hydrogens is 590 g/mol. The summed E-state index contributed by atoms with van der Waals surface area (Å²) in [4.78, 5) is 24.2. The molecule has 0 bridgehead atoms. The lowest BCUT2D eigenvalue weighted by Crippen LogP contribution is -2.42. The Morgan fingerprint density at radius 3 is 2.64 bits per heavy atom. The number of carbonyl (C=O) groups excluding carboxylic acids is 1. The van der Waals surface area contributed by atoms with Gasteiger partial charge in [0, 0.05) is 24.5 Å². The molecule has 0 radical (unpaired) electrons. The van der Waals surface area contributed by atoms with Gasteiger partial charge in [0.15, 0.2) is 0 Å². The van der Waals surface area contributed by atoms with Crippen molar-refractivity contribution in [1.82, 2.24) is 28.6 Å². The molecule has 0 spiro atoms. The number of anilines is 1. The van der Waals surface area contributed by atoms with Crippen LogP contribution in [0.4, 0.5) is 5.82 Å². The number of hydrogen-bond donors (Lipinski definition) is 2. The molecule has 11 nitrogen and oxygen atoms in total. The normalized spacial score (nSPS) is 16.1. The van der Waals surface area contributed by atoms with Gasteiger partial charge in [-0.1, -0.05) is 29.8 Å². The molecule has 1 aliphatic heterocycles. The summed E-state index contributed by atoms with van der Waals surface area (Å²) in [5, 5.41) is 5.03. The van der Waals surface area contributed by atoms with Gasteiger partial charge in [0.1, 0.15) is 17.3 Å². The molecule has 1 unspecified atom stereocenters. The van der Waals surface area contributed by atoms with Crippen molar-refractivity contribution < 1.29 is 17.9 Å². The monoisotopic (exact) mass is 623 g/mol. The van der Waals surface area contributed by atoms with Crippen molar-refractivity contribution >= 4 is 43.6 Å². The third-order valence-electron chi connectivity index (χ3n) is 8.39. The number of fused-ring (bicyclic) bond motifs is 2. The minimum Gasteiger partial charge on any atom is -0.383 e. The number of aromatic nitrogens is 5. The van der Waals surface area contributed by atoms with E-state index >= 15 is 0 Å². The number of rotatable bonds is 7. The van der Waals surface area contributed by atoms with E-state index in [1.807, 2.05) is 50.2 Å². The number of nitrogens with one attached hydrogen (secondary N) is 1. The average Bonchev–Trinajstić information content (AvgIpc) is 3.71. The van der Waals surface area contributed by atoms with Crippen molar-refractivity contribution in [3.8, 4) is 5.69 Å². The van der Waals surface area contributed by atoms with Gasteiger partial charge in [-0.3, -0.25) is 9.69 Å². The highest BCUT2D eigenvalue weighted by atomic mass is 32.2. The Morgan fingerprint density at radius 2 is 1.87 bits per heavy atom. The van der Waals surface area contributed by atoms with E-state index in [4.69, 9.17) is 10.5 Å². The number of nitrogen functional groups attached to an aromatic ring is 1. The van der Waals surface area contributed by atoms with E-state index in [1.165, 1.54) is 10.9 Å². The van der Waals surface area contributed by atoms with Crippen LogP contribution in [-0.4, -0.2) is 68.6 Å². The average molecular weight is 624 g/mol. The van der Waals surface area contributed by atoms with Crippen molar-refractivity contribution in [3.05, 3.63) is 101 Å². The fourth-order valence-corrected chi connectivity index (χ4v) is 7.42. The summed E-state index contributed by atoms with van der Waals surface area (Å²) in [5.74, 6) is 0.325. The smallest absolute Gasteiger partial charge is 0.268 e. The summed E-state index contributed by atoms with van der Waals surface area (Å²) in [6, 6.07) is 19.6. The maximum atomic E-state index is 14.3. The van der Waals surface area contributed by atoms with Crippen LogP contribution >= 0.6 is 0 Å². The van der Waals surface area contributed by atoms with Crippen LogP contribution in [0.25, 0.3) is 27.6 Å². The summed E-state index contributed by atoms with van der Waals surface area (Å²) < 4.78 is 36.8. The van der Waals surface area contributed by atoms with E-state index in [9.17, 15) is 13.2 Å². The molecule has 0 amide bonds. The number of aryl methyl sites for hydroxylation is 2. The number of hydrogen-bond acceptors (Lipinski definition) is 8. The van der Waals surface area contributed by atoms with Crippen LogP contribution in [-0.2, 0) is 21.3 Å². The van der Waals surface area contributed by atoms with E-state index in [1.54, 1.807) is 30.3 Å². The van der Waals surface area contributed by atoms with Gasteiger partial charge in [0.25, 0.3) is 10.0 Å². The Morgan fingerprint density at radius 1 is 1.07 bits per heavy atom. The molecule has 1 saturated heterocycles. The molecule has 0 aliphatic carbocycles. The van der Waals surface area contributed by atoms with Crippen LogP contribution in [0.15, 0.2) is 77.8 Å². The van der Waals surface area contributed by atoms with E-state index in [0.29, 0.717) is 36.3 Å². The molecule has 0 saturated carbocycles. The van der Waals surface area contributed by atoms with Gasteiger partial charge >= 0.3 is 0 Å². The molecule has 3 aromatic carbocycles. The number of benzene rings is 3.